The highest BCUT2D eigenvalue weighted by Gasteiger charge is 2.05. The number of phenolic OH excluding ortho intramolecular Hbond substituents is 1. The Bertz CT molecular complexity index is 672. The van der Waals surface area contributed by atoms with Gasteiger partial charge < -0.3 is 20.1 Å². The zero-order chi connectivity index (χ0) is 17.6. The molecule has 0 saturated carbocycles. The summed E-state index contributed by atoms with van der Waals surface area (Å²) < 4.78 is 6.77. The van der Waals surface area contributed by atoms with Crippen molar-refractivity contribution >= 4 is 31.9 Å². The smallest absolute Gasteiger partial charge is 0.124 e. The molecule has 3 N–H and O–H groups in total. The molecule has 0 radical (unpaired) electrons. The molecule has 126 valence electrons. The number of aromatic hydroxyl groups is 2. The Morgan fingerprint density at radius 2 is 1.30 bits per heavy atom. The summed E-state index contributed by atoms with van der Waals surface area (Å²) in [6.07, 6.45) is 0. The number of rotatable bonds is 3. The molecule has 4 nitrogen and oxygen atoms in total. The lowest BCUT2D eigenvalue weighted by Gasteiger charge is -2.06. The number of methoxy groups -OCH3 is 1. The highest BCUT2D eigenvalue weighted by atomic mass is 79.9. The maximum absolute atomic E-state index is 9.55. The first-order valence-electron chi connectivity index (χ1n) is 6.85. The molecular weight excluding hydrogens is 428 g/mol. The van der Waals surface area contributed by atoms with E-state index in [0.29, 0.717) is 17.9 Å². The molecule has 23 heavy (non-hydrogen) atoms. The fourth-order valence-corrected chi connectivity index (χ4v) is 3.24. The molecule has 0 unspecified atom stereocenters. The largest absolute Gasteiger partial charge is 0.507 e. The van der Waals surface area contributed by atoms with Crippen molar-refractivity contribution in [2.75, 3.05) is 7.11 Å². The summed E-state index contributed by atoms with van der Waals surface area (Å²) in [6.45, 7) is 3.96. The van der Waals surface area contributed by atoms with Crippen LogP contribution in [0.2, 0.25) is 0 Å². The van der Waals surface area contributed by atoms with E-state index in [1.807, 2.05) is 19.1 Å². The van der Waals surface area contributed by atoms with E-state index in [0.717, 1.165) is 25.6 Å². The van der Waals surface area contributed by atoms with E-state index in [-0.39, 0.29) is 12.4 Å². The topological polar surface area (TPSA) is 69.9 Å². The van der Waals surface area contributed by atoms with Gasteiger partial charge in [0.05, 0.1) is 13.2 Å². The van der Waals surface area contributed by atoms with Crippen LogP contribution in [0, 0.1) is 13.8 Å². The maximum atomic E-state index is 9.55. The molecule has 2 aromatic rings. The molecule has 0 aliphatic heterocycles. The number of hydrogen-bond donors (Lipinski definition) is 3. The highest BCUT2D eigenvalue weighted by Crippen LogP contribution is 2.27. The van der Waals surface area contributed by atoms with Gasteiger partial charge in [0.2, 0.25) is 0 Å². The minimum absolute atomic E-state index is 0.133. The van der Waals surface area contributed by atoms with Gasteiger partial charge in [0.25, 0.3) is 0 Å². The summed E-state index contributed by atoms with van der Waals surface area (Å²) in [5, 5.41) is 27.7. The predicted molar refractivity (Wildman–Crippen MR) is 97.7 cm³/mol. The van der Waals surface area contributed by atoms with Crippen LogP contribution in [0.5, 0.6) is 11.5 Å². The van der Waals surface area contributed by atoms with Crippen molar-refractivity contribution in [3.8, 4) is 11.5 Å². The summed E-state index contributed by atoms with van der Waals surface area (Å²) in [5.74, 6) is 0.496. The molecule has 0 aliphatic rings. The van der Waals surface area contributed by atoms with E-state index in [2.05, 4.69) is 31.9 Å². The lowest BCUT2D eigenvalue weighted by atomic mass is 10.1. The second kappa shape index (κ2) is 9.27. The Morgan fingerprint density at radius 1 is 0.870 bits per heavy atom. The average Bonchev–Trinajstić information content (AvgIpc) is 2.49. The Hall–Kier alpha value is -1.08. The van der Waals surface area contributed by atoms with E-state index in [1.54, 1.807) is 26.2 Å². The van der Waals surface area contributed by atoms with Crippen molar-refractivity contribution in [1.82, 2.24) is 0 Å². The molecule has 0 aliphatic carbocycles. The Balaban J connectivity index is 0.000000231. The molecule has 0 heterocycles. The first kappa shape index (κ1) is 20.0. The van der Waals surface area contributed by atoms with Gasteiger partial charge in [-0.15, -0.1) is 0 Å². The summed E-state index contributed by atoms with van der Waals surface area (Å²) in [6, 6.07) is 7.22. The van der Waals surface area contributed by atoms with Gasteiger partial charge in [-0.1, -0.05) is 31.9 Å². The minimum Gasteiger partial charge on any atom is -0.507 e. The van der Waals surface area contributed by atoms with Crippen LogP contribution in [0.4, 0.5) is 0 Å². The molecule has 2 aromatic carbocycles. The molecule has 0 saturated heterocycles. The van der Waals surface area contributed by atoms with Crippen molar-refractivity contribution in [3.05, 3.63) is 55.5 Å². The number of benzene rings is 2. The lowest BCUT2D eigenvalue weighted by molar-refractivity contribution is 0.182. The molecule has 0 bridgehead atoms. The van der Waals surface area contributed by atoms with E-state index in [9.17, 15) is 10.2 Å². The fourth-order valence-electron chi connectivity index (χ4n) is 2.00. The first-order valence-corrected chi connectivity index (χ1v) is 8.44. The second-order valence-electron chi connectivity index (χ2n) is 5.05. The monoisotopic (exact) mass is 446 g/mol. The van der Waals surface area contributed by atoms with Gasteiger partial charge in [-0.2, -0.15) is 0 Å². The van der Waals surface area contributed by atoms with Gasteiger partial charge in [-0.25, -0.2) is 0 Å². The SMILES string of the molecule is COCc1cc(Br)cc(C)c1O.Cc1cc(Br)cc(CO)c1O. The van der Waals surface area contributed by atoms with Gasteiger partial charge >= 0.3 is 0 Å². The number of phenols is 2. The van der Waals surface area contributed by atoms with E-state index in [1.165, 1.54) is 0 Å². The van der Waals surface area contributed by atoms with Crippen molar-refractivity contribution < 1.29 is 20.1 Å². The maximum Gasteiger partial charge on any atom is 0.124 e. The number of halogens is 2. The van der Waals surface area contributed by atoms with Crippen LogP contribution in [0.25, 0.3) is 0 Å². The van der Waals surface area contributed by atoms with Gasteiger partial charge in [0.1, 0.15) is 11.5 Å². The zero-order valence-corrected chi connectivity index (χ0v) is 16.4. The summed E-state index contributed by atoms with van der Waals surface area (Å²) in [4.78, 5) is 0. The molecule has 0 aromatic heterocycles. The Kier molecular flexibility index (Phi) is 8.05. The number of hydrogen-bond acceptors (Lipinski definition) is 4. The predicted octanol–water partition coefficient (Wildman–Crippen LogP) is 4.56. The molecule has 6 heteroatoms. The van der Waals surface area contributed by atoms with Gasteiger partial charge in [0, 0.05) is 27.2 Å². The van der Waals surface area contributed by atoms with Crippen LogP contribution in [0.3, 0.4) is 0 Å². The molecule has 0 fully saturated rings. The van der Waals surface area contributed by atoms with Crippen molar-refractivity contribution in [2.45, 2.75) is 27.1 Å². The van der Waals surface area contributed by atoms with Gasteiger partial charge in [-0.05, 0) is 49.2 Å². The van der Waals surface area contributed by atoms with Crippen LogP contribution >= 0.6 is 31.9 Å². The Morgan fingerprint density at radius 3 is 1.74 bits per heavy atom. The van der Waals surface area contributed by atoms with Crippen molar-refractivity contribution in [3.63, 3.8) is 0 Å². The van der Waals surface area contributed by atoms with Crippen molar-refractivity contribution in [1.29, 1.82) is 0 Å². The number of ether oxygens (including phenoxy) is 1. The molecule has 0 spiro atoms. The van der Waals surface area contributed by atoms with Gasteiger partial charge in [0.15, 0.2) is 0 Å². The van der Waals surface area contributed by atoms with Crippen LogP contribution in [-0.2, 0) is 18.0 Å². The number of aliphatic hydroxyl groups excluding tert-OH is 1. The molecular formula is C17H20Br2O4. The summed E-state index contributed by atoms with van der Waals surface area (Å²) in [5.41, 5.74) is 2.99. The minimum atomic E-state index is -0.133. The second-order valence-corrected chi connectivity index (χ2v) is 6.88. The third-order valence-electron chi connectivity index (χ3n) is 3.16. The zero-order valence-electron chi connectivity index (χ0n) is 13.2. The highest BCUT2D eigenvalue weighted by molar-refractivity contribution is 9.10. The van der Waals surface area contributed by atoms with Crippen LogP contribution in [0.15, 0.2) is 33.2 Å². The summed E-state index contributed by atoms with van der Waals surface area (Å²) in [7, 11) is 1.61. The molecule has 0 atom stereocenters. The average molecular weight is 448 g/mol. The van der Waals surface area contributed by atoms with E-state index in [4.69, 9.17) is 9.84 Å². The third-order valence-corrected chi connectivity index (χ3v) is 4.07. The van der Waals surface area contributed by atoms with Crippen LogP contribution in [0.1, 0.15) is 22.3 Å². The normalized spacial score (nSPS) is 10.2. The van der Waals surface area contributed by atoms with Crippen molar-refractivity contribution in [2.24, 2.45) is 0 Å². The molecule has 0 amide bonds. The summed E-state index contributed by atoms with van der Waals surface area (Å²) >= 11 is 6.62. The van der Waals surface area contributed by atoms with Crippen LogP contribution in [-0.4, -0.2) is 22.4 Å². The lowest BCUT2D eigenvalue weighted by Crippen LogP contribution is -1.90. The first-order chi connectivity index (χ1) is 10.8. The van der Waals surface area contributed by atoms with E-state index >= 15 is 0 Å². The van der Waals surface area contributed by atoms with E-state index < -0.39 is 0 Å². The quantitative estimate of drug-likeness (QED) is 0.644. The van der Waals surface area contributed by atoms with Gasteiger partial charge in [-0.3, -0.25) is 0 Å². The third kappa shape index (κ3) is 5.80. The Labute approximate surface area is 153 Å². The molecule has 2 rings (SSSR count). The standard InChI is InChI=1S/C9H11BrO2.C8H9BrO2/c1-6-3-8(10)4-7(5-12-2)9(6)11;1-5-2-7(9)3-6(4-10)8(5)11/h3-4,11H,5H2,1-2H3;2-3,10-11H,4H2,1H3. The van der Waals surface area contributed by atoms with Crippen LogP contribution < -0.4 is 0 Å². The fraction of sp³-hybridized carbons (Fsp3) is 0.294. The number of aliphatic hydroxyl groups is 1. The number of aryl methyl sites for hydroxylation is 2.